The molecule has 0 aliphatic rings. The molecule has 2 aromatic rings. The molecule has 0 fully saturated rings. The highest BCUT2D eigenvalue weighted by atomic mass is 16.6. The number of hydrogen-bond acceptors (Lipinski definition) is 6. The Morgan fingerprint density at radius 2 is 2.06 bits per heavy atom. The van der Waals surface area contributed by atoms with Crippen LogP contribution in [0.3, 0.4) is 0 Å². The van der Waals surface area contributed by atoms with Gasteiger partial charge in [-0.2, -0.15) is 0 Å². The lowest BCUT2D eigenvalue weighted by molar-refractivity contribution is -0.383. The number of nitro groups is 1. The molecule has 0 atom stereocenters. The number of amides is 1. The Kier molecular flexibility index (Phi) is 2.92. The Labute approximate surface area is 101 Å². The summed E-state index contributed by atoms with van der Waals surface area (Å²) >= 11 is 0. The minimum atomic E-state index is -0.583. The number of non-ortho nitro benzene ring substituents is 1. The van der Waals surface area contributed by atoms with Crippen molar-refractivity contribution in [1.29, 1.82) is 0 Å². The molecule has 0 spiro atoms. The predicted octanol–water partition coefficient (Wildman–Crippen LogP) is 1.73. The van der Waals surface area contributed by atoms with Crippen molar-refractivity contribution in [2.24, 2.45) is 5.92 Å². The molecule has 0 bridgehead atoms. The summed E-state index contributed by atoms with van der Waals surface area (Å²) < 4.78 is 4.48. The standard InChI is InChI=1S/C10H10N4O4/c1-5(2)10(15)11-6-3-4-7(14(16)17)9-8(6)12-18-13-9/h3-5H,1-2H3,(H,11,15). The maximum Gasteiger partial charge on any atom is 0.300 e. The van der Waals surface area contributed by atoms with E-state index in [1.807, 2.05) is 0 Å². The van der Waals surface area contributed by atoms with Crippen LogP contribution < -0.4 is 5.32 Å². The van der Waals surface area contributed by atoms with E-state index in [-0.39, 0.29) is 28.5 Å². The number of nitrogens with one attached hydrogen (secondary N) is 1. The van der Waals surface area contributed by atoms with Gasteiger partial charge in [0.2, 0.25) is 11.4 Å². The maximum absolute atomic E-state index is 11.6. The molecule has 8 nitrogen and oxygen atoms in total. The highest BCUT2D eigenvalue weighted by Crippen LogP contribution is 2.28. The first-order chi connectivity index (χ1) is 8.50. The van der Waals surface area contributed by atoms with Crippen molar-refractivity contribution < 1.29 is 14.3 Å². The third kappa shape index (κ3) is 1.99. The number of aromatic nitrogens is 2. The van der Waals surface area contributed by atoms with E-state index in [4.69, 9.17) is 0 Å². The third-order valence-corrected chi connectivity index (χ3v) is 2.37. The molecule has 0 unspecified atom stereocenters. The summed E-state index contributed by atoms with van der Waals surface area (Å²) in [7, 11) is 0. The number of fused-ring (bicyclic) bond motifs is 1. The summed E-state index contributed by atoms with van der Waals surface area (Å²) in [6, 6.07) is 2.66. The van der Waals surface area contributed by atoms with Gasteiger partial charge in [0.05, 0.1) is 10.6 Å². The van der Waals surface area contributed by atoms with E-state index in [1.165, 1.54) is 12.1 Å². The Bertz CT molecular complexity index is 619. The van der Waals surface area contributed by atoms with E-state index in [1.54, 1.807) is 13.8 Å². The molecule has 8 heteroatoms. The predicted molar refractivity (Wildman–Crippen MR) is 61.9 cm³/mol. The van der Waals surface area contributed by atoms with Gasteiger partial charge in [-0.05, 0) is 16.4 Å². The number of hydrogen-bond donors (Lipinski definition) is 1. The summed E-state index contributed by atoms with van der Waals surface area (Å²) in [5.41, 5.74) is 0.309. The van der Waals surface area contributed by atoms with Crippen molar-refractivity contribution in [1.82, 2.24) is 10.3 Å². The number of nitrogens with zero attached hydrogens (tertiary/aromatic N) is 3. The average Bonchev–Trinajstić information content (AvgIpc) is 2.77. The van der Waals surface area contributed by atoms with Gasteiger partial charge in [-0.15, -0.1) is 0 Å². The fourth-order valence-corrected chi connectivity index (χ4v) is 1.38. The minimum Gasteiger partial charge on any atom is -0.324 e. The second kappa shape index (κ2) is 4.40. The van der Waals surface area contributed by atoms with Crippen LogP contribution >= 0.6 is 0 Å². The maximum atomic E-state index is 11.6. The highest BCUT2D eigenvalue weighted by molar-refractivity contribution is 6.02. The van der Waals surface area contributed by atoms with Crippen LogP contribution in [0.4, 0.5) is 11.4 Å². The summed E-state index contributed by atoms with van der Waals surface area (Å²) in [5, 5.41) is 20.4. The quantitative estimate of drug-likeness (QED) is 0.655. The van der Waals surface area contributed by atoms with Crippen molar-refractivity contribution in [2.45, 2.75) is 13.8 Å². The van der Waals surface area contributed by atoms with Gasteiger partial charge in [0, 0.05) is 12.0 Å². The van der Waals surface area contributed by atoms with Crippen LogP contribution in [0.25, 0.3) is 11.0 Å². The van der Waals surface area contributed by atoms with Gasteiger partial charge in [-0.3, -0.25) is 14.9 Å². The smallest absolute Gasteiger partial charge is 0.300 e. The van der Waals surface area contributed by atoms with Crippen LogP contribution in [0.15, 0.2) is 16.8 Å². The highest BCUT2D eigenvalue weighted by Gasteiger charge is 2.20. The van der Waals surface area contributed by atoms with E-state index < -0.39 is 4.92 Å². The van der Waals surface area contributed by atoms with Crippen LogP contribution in [0.2, 0.25) is 0 Å². The van der Waals surface area contributed by atoms with Crippen molar-refractivity contribution in [3.8, 4) is 0 Å². The number of benzene rings is 1. The van der Waals surface area contributed by atoms with Crippen LogP contribution in [-0.2, 0) is 4.79 Å². The first-order valence-electron chi connectivity index (χ1n) is 5.21. The molecule has 0 aliphatic carbocycles. The molecule has 94 valence electrons. The zero-order valence-corrected chi connectivity index (χ0v) is 9.71. The summed E-state index contributed by atoms with van der Waals surface area (Å²) in [5.74, 6) is -0.428. The zero-order valence-electron chi connectivity index (χ0n) is 9.71. The molecule has 0 saturated carbocycles. The largest absolute Gasteiger partial charge is 0.324 e. The van der Waals surface area contributed by atoms with E-state index in [0.717, 1.165) is 0 Å². The molecule has 1 heterocycles. The van der Waals surface area contributed by atoms with Crippen molar-refractivity contribution in [3.05, 3.63) is 22.2 Å². The van der Waals surface area contributed by atoms with Gasteiger partial charge in [0.25, 0.3) is 0 Å². The molecular weight excluding hydrogens is 240 g/mol. The monoisotopic (exact) mass is 250 g/mol. The Hall–Kier alpha value is -2.51. The second-order valence-corrected chi connectivity index (χ2v) is 3.99. The van der Waals surface area contributed by atoms with Crippen LogP contribution in [0.5, 0.6) is 0 Å². The molecule has 1 aromatic carbocycles. The summed E-state index contributed by atoms with van der Waals surface area (Å²) in [6.07, 6.45) is 0. The molecule has 1 N–H and O–H groups in total. The fourth-order valence-electron chi connectivity index (χ4n) is 1.38. The van der Waals surface area contributed by atoms with Crippen LogP contribution in [0.1, 0.15) is 13.8 Å². The molecule has 18 heavy (non-hydrogen) atoms. The molecule has 2 rings (SSSR count). The first kappa shape index (κ1) is 12.0. The molecule has 1 amide bonds. The topological polar surface area (TPSA) is 111 Å². The van der Waals surface area contributed by atoms with Gasteiger partial charge in [0.15, 0.2) is 5.52 Å². The van der Waals surface area contributed by atoms with Crippen molar-refractivity contribution in [2.75, 3.05) is 5.32 Å². The van der Waals surface area contributed by atoms with E-state index >= 15 is 0 Å². The lowest BCUT2D eigenvalue weighted by atomic mass is 10.2. The SMILES string of the molecule is CC(C)C(=O)Nc1ccc([N+](=O)[O-])c2nonc12. The molecule has 0 aliphatic heterocycles. The number of carbonyl (C=O) groups is 1. The number of carbonyl (C=O) groups excluding carboxylic acids is 1. The Morgan fingerprint density at radius 3 is 2.67 bits per heavy atom. The second-order valence-electron chi connectivity index (χ2n) is 3.99. The molecule has 1 aromatic heterocycles. The minimum absolute atomic E-state index is 0.0153. The molecular formula is C10H10N4O4. The molecule has 0 radical (unpaired) electrons. The van der Waals surface area contributed by atoms with Gasteiger partial charge in [-0.25, -0.2) is 4.63 Å². The van der Waals surface area contributed by atoms with E-state index in [0.29, 0.717) is 5.69 Å². The average molecular weight is 250 g/mol. The number of nitro benzene ring substituents is 1. The summed E-state index contributed by atoms with van der Waals surface area (Å²) in [6.45, 7) is 3.47. The summed E-state index contributed by atoms with van der Waals surface area (Å²) in [4.78, 5) is 21.8. The first-order valence-corrected chi connectivity index (χ1v) is 5.21. The number of anilines is 1. The van der Waals surface area contributed by atoms with Crippen LogP contribution in [-0.4, -0.2) is 21.1 Å². The fraction of sp³-hybridized carbons (Fsp3) is 0.300. The van der Waals surface area contributed by atoms with Gasteiger partial charge in [0.1, 0.15) is 0 Å². The Balaban J connectivity index is 2.48. The van der Waals surface area contributed by atoms with E-state index in [2.05, 4.69) is 20.3 Å². The molecule has 0 saturated heterocycles. The number of rotatable bonds is 3. The van der Waals surface area contributed by atoms with Crippen LogP contribution in [0, 0.1) is 16.0 Å². The lowest BCUT2D eigenvalue weighted by Crippen LogP contribution is -2.17. The zero-order chi connectivity index (χ0) is 13.3. The third-order valence-electron chi connectivity index (χ3n) is 2.37. The van der Waals surface area contributed by atoms with Gasteiger partial charge >= 0.3 is 5.69 Å². The van der Waals surface area contributed by atoms with Crippen molar-refractivity contribution in [3.63, 3.8) is 0 Å². The lowest BCUT2D eigenvalue weighted by Gasteiger charge is -2.07. The van der Waals surface area contributed by atoms with Gasteiger partial charge in [-0.1, -0.05) is 13.8 Å². The van der Waals surface area contributed by atoms with E-state index in [9.17, 15) is 14.9 Å². The van der Waals surface area contributed by atoms with Gasteiger partial charge < -0.3 is 5.32 Å². The van der Waals surface area contributed by atoms with Crippen molar-refractivity contribution >= 4 is 28.3 Å². The normalized spacial score (nSPS) is 10.8. The Morgan fingerprint density at radius 1 is 1.39 bits per heavy atom.